The summed E-state index contributed by atoms with van der Waals surface area (Å²) in [5.41, 5.74) is 9.64. The van der Waals surface area contributed by atoms with E-state index in [1.165, 1.54) is 16.7 Å². The Hall–Kier alpha value is -1.35. The predicted molar refractivity (Wildman–Crippen MR) is 78.0 cm³/mol. The summed E-state index contributed by atoms with van der Waals surface area (Å²) in [5, 5.41) is 3.09. The minimum absolute atomic E-state index is 0.153. The highest BCUT2D eigenvalue weighted by Crippen LogP contribution is 2.17. The third-order valence-electron chi connectivity index (χ3n) is 3.96. The summed E-state index contributed by atoms with van der Waals surface area (Å²) in [5.74, 6) is 0.153. The van der Waals surface area contributed by atoms with Gasteiger partial charge in [0.2, 0.25) is 5.91 Å². The summed E-state index contributed by atoms with van der Waals surface area (Å²) < 4.78 is 0. The first kappa shape index (κ1) is 14.1. The first-order valence-electron chi connectivity index (χ1n) is 7.15. The van der Waals surface area contributed by atoms with Crippen molar-refractivity contribution in [1.82, 2.24) is 5.32 Å². The Bertz CT molecular complexity index is 456. The number of carbonyl (C=O) groups excluding carboxylic acids is 1. The number of hydrogen-bond donors (Lipinski definition) is 2. The number of nitrogens with two attached hydrogens (primary N) is 1. The molecule has 0 aromatic heterocycles. The van der Waals surface area contributed by atoms with Crippen molar-refractivity contribution < 1.29 is 4.79 Å². The van der Waals surface area contributed by atoms with E-state index in [1.807, 2.05) is 0 Å². The third-order valence-corrected chi connectivity index (χ3v) is 3.96. The maximum Gasteiger partial charge on any atom is 0.220 e. The van der Waals surface area contributed by atoms with Crippen molar-refractivity contribution in [1.29, 1.82) is 0 Å². The topological polar surface area (TPSA) is 55.1 Å². The highest BCUT2D eigenvalue weighted by atomic mass is 16.1. The molecule has 1 aliphatic carbocycles. The van der Waals surface area contributed by atoms with Crippen LogP contribution in [0.1, 0.15) is 42.4 Å². The van der Waals surface area contributed by atoms with Gasteiger partial charge in [0.25, 0.3) is 0 Å². The second kappa shape index (κ2) is 6.20. The van der Waals surface area contributed by atoms with Crippen LogP contribution in [-0.4, -0.2) is 18.0 Å². The highest BCUT2D eigenvalue weighted by Gasteiger charge is 2.22. The fourth-order valence-electron chi connectivity index (χ4n) is 2.77. The van der Waals surface area contributed by atoms with Gasteiger partial charge in [-0.15, -0.1) is 0 Å². The van der Waals surface area contributed by atoms with Crippen LogP contribution in [0.4, 0.5) is 0 Å². The molecule has 1 fully saturated rings. The van der Waals surface area contributed by atoms with E-state index in [4.69, 9.17) is 5.73 Å². The number of amides is 1. The monoisotopic (exact) mass is 260 g/mol. The van der Waals surface area contributed by atoms with E-state index in [1.54, 1.807) is 0 Å². The lowest BCUT2D eigenvalue weighted by Gasteiger charge is -2.13. The van der Waals surface area contributed by atoms with Gasteiger partial charge in [0, 0.05) is 18.5 Å². The maximum absolute atomic E-state index is 11.9. The van der Waals surface area contributed by atoms with Crippen molar-refractivity contribution in [2.45, 2.75) is 58.0 Å². The summed E-state index contributed by atoms with van der Waals surface area (Å²) in [4.78, 5) is 11.9. The molecular formula is C16H24N2O. The minimum Gasteiger partial charge on any atom is -0.353 e. The van der Waals surface area contributed by atoms with Gasteiger partial charge in [-0.3, -0.25) is 4.79 Å². The molecule has 0 aliphatic heterocycles. The molecule has 2 atom stereocenters. The number of benzene rings is 1. The zero-order valence-corrected chi connectivity index (χ0v) is 11.9. The van der Waals surface area contributed by atoms with E-state index in [0.717, 1.165) is 25.7 Å². The first-order valence-corrected chi connectivity index (χ1v) is 7.15. The van der Waals surface area contributed by atoms with Crippen molar-refractivity contribution in [3.8, 4) is 0 Å². The maximum atomic E-state index is 11.9. The average Bonchev–Trinajstić information content (AvgIpc) is 2.76. The van der Waals surface area contributed by atoms with Crippen LogP contribution in [0.15, 0.2) is 18.2 Å². The molecule has 0 spiro atoms. The van der Waals surface area contributed by atoms with Gasteiger partial charge >= 0.3 is 0 Å². The van der Waals surface area contributed by atoms with Crippen LogP contribution < -0.4 is 11.1 Å². The van der Waals surface area contributed by atoms with Crippen molar-refractivity contribution in [2.24, 2.45) is 5.73 Å². The first-order chi connectivity index (χ1) is 9.04. The molecule has 1 aliphatic rings. The van der Waals surface area contributed by atoms with Crippen LogP contribution in [0.25, 0.3) is 0 Å². The van der Waals surface area contributed by atoms with E-state index in [-0.39, 0.29) is 11.9 Å². The quantitative estimate of drug-likeness (QED) is 0.872. The number of nitrogens with one attached hydrogen (secondary N) is 1. The highest BCUT2D eigenvalue weighted by molar-refractivity contribution is 5.76. The molecule has 3 heteroatoms. The zero-order chi connectivity index (χ0) is 13.8. The molecule has 2 rings (SSSR count). The second-order valence-electron chi connectivity index (χ2n) is 5.77. The van der Waals surface area contributed by atoms with Gasteiger partial charge in [0.05, 0.1) is 0 Å². The van der Waals surface area contributed by atoms with E-state index >= 15 is 0 Å². The van der Waals surface area contributed by atoms with E-state index in [2.05, 4.69) is 37.4 Å². The van der Waals surface area contributed by atoms with Crippen molar-refractivity contribution in [3.63, 3.8) is 0 Å². The smallest absolute Gasteiger partial charge is 0.220 e. The van der Waals surface area contributed by atoms with E-state index < -0.39 is 0 Å². The molecule has 1 amide bonds. The van der Waals surface area contributed by atoms with Gasteiger partial charge in [0.15, 0.2) is 0 Å². The van der Waals surface area contributed by atoms with Gasteiger partial charge in [-0.05, 0) is 50.7 Å². The normalized spacial score (nSPS) is 22.5. The molecule has 1 aromatic rings. The van der Waals surface area contributed by atoms with Gasteiger partial charge in [-0.2, -0.15) is 0 Å². The Kier molecular flexibility index (Phi) is 4.59. The van der Waals surface area contributed by atoms with Gasteiger partial charge < -0.3 is 11.1 Å². The molecule has 0 heterocycles. The summed E-state index contributed by atoms with van der Waals surface area (Å²) in [6, 6.07) is 6.97. The van der Waals surface area contributed by atoms with Crippen LogP contribution >= 0.6 is 0 Å². The number of hydrogen-bond acceptors (Lipinski definition) is 2. The largest absolute Gasteiger partial charge is 0.353 e. The second-order valence-corrected chi connectivity index (χ2v) is 5.77. The summed E-state index contributed by atoms with van der Waals surface area (Å²) in [7, 11) is 0. The number of aryl methyl sites for hydroxylation is 3. The lowest BCUT2D eigenvalue weighted by atomic mass is 10.0. The van der Waals surface area contributed by atoms with Crippen LogP contribution in [0.3, 0.4) is 0 Å². The van der Waals surface area contributed by atoms with Crippen molar-refractivity contribution in [2.75, 3.05) is 0 Å². The molecule has 0 saturated heterocycles. The Labute approximate surface area is 115 Å². The van der Waals surface area contributed by atoms with Crippen molar-refractivity contribution in [3.05, 3.63) is 34.9 Å². The number of carbonyl (C=O) groups is 1. The van der Waals surface area contributed by atoms with E-state index in [9.17, 15) is 4.79 Å². The van der Waals surface area contributed by atoms with Crippen LogP contribution in [0.5, 0.6) is 0 Å². The Balaban J connectivity index is 1.81. The molecule has 1 saturated carbocycles. The van der Waals surface area contributed by atoms with Gasteiger partial charge in [0.1, 0.15) is 0 Å². The van der Waals surface area contributed by atoms with Gasteiger partial charge in [-0.25, -0.2) is 0 Å². The fraction of sp³-hybridized carbons (Fsp3) is 0.562. The molecule has 1 aromatic carbocycles. The number of rotatable bonds is 4. The molecule has 104 valence electrons. The Morgan fingerprint density at radius 1 is 1.37 bits per heavy atom. The predicted octanol–water partition coefficient (Wildman–Crippen LogP) is 2.23. The summed E-state index contributed by atoms with van der Waals surface area (Å²) in [6.07, 6.45) is 4.36. The van der Waals surface area contributed by atoms with Crippen molar-refractivity contribution >= 4 is 5.91 Å². The van der Waals surface area contributed by atoms with Crippen LogP contribution in [0.2, 0.25) is 0 Å². The molecule has 3 N–H and O–H groups in total. The summed E-state index contributed by atoms with van der Waals surface area (Å²) in [6.45, 7) is 4.19. The molecular weight excluding hydrogens is 236 g/mol. The zero-order valence-electron chi connectivity index (χ0n) is 11.9. The standard InChI is InChI=1S/C16H24N2O/c1-11-3-4-12(2)13(9-11)5-8-16(19)18-15-7-6-14(17)10-15/h3-4,9,14-15H,5-8,10,17H2,1-2H3,(H,18,19). The molecule has 19 heavy (non-hydrogen) atoms. The summed E-state index contributed by atoms with van der Waals surface area (Å²) >= 11 is 0. The minimum atomic E-state index is 0.153. The van der Waals surface area contributed by atoms with Crippen LogP contribution in [-0.2, 0) is 11.2 Å². The van der Waals surface area contributed by atoms with E-state index in [0.29, 0.717) is 12.5 Å². The molecule has 3 nitrogen and oxygen atoms in total. The van der Waals surface area contributed by atoms with Gasteiger partial charge in [-0.1, -0.05) is 23.8 Å². The molecule has 0 bridgehead atoms. The average molecular weight is 260 g/mol. The van der Waals surface area contributed by atoms with Crippen LogP contribution in [0, 0.1) is 13.8 Å². The lowest BCUT2D eigenvalue weighted by molar-refractivity contribution is -0.121. The SMILES string of the molecule is Cc1ccc(C)c(CCC(=O)NC2CCC(N)C2)c1. The Morgan fingerprint density at radius 2 is 2.16 bits per heavy atom. The fourth-order valence-corrected chi connectivity index (χ4v) is 2.77. The lowest BCUT2D eigenvalue weighted by Crippen LogP contribution is -2.34. The third kappa shape index (κ3) is 4.06. The molecule has 0 radical (unpaired) electrons. The Morgan fingerprint density at radius 3 is 2.84 bits per heavy atom. The molecule has 2 unspecified atom stereocenters.